The molecule has 0 aliphatic carbocycles. The van der Waals surface area contributed by atoms with E-state index in [-0.39, 0.29) is 12.5 Å². The Morgan fingerprint density at radius 3 is 2.74 bits per heavy atom. The molecule has 2 rings (SSSR count). The fourth-order valence-corrected chi connectivity index (χ4v) is 2.59. The molecule has 1 aromatic rings. The van der Waals surface area contributed by atoms with Crippen LogP contribution in [-0.4, -0.2) is 33.6 Å². The first-order valence-corrected chi connectivity index (χ1v) is 6.85. The monoisotopic (exact) mass is 263 g/mol. The summed E-state index contributed by atoms with van der Waals surface area (Å²) in [5.74, 6) is 0.491. The second kappa shape index (κ2) is 5.99. The summed E-state index contributed by atoms with van der Waals surface area (Å²) in [6, 6.07) is 0.0356. The third-order valence-corrected chi connectivity index (χ3v) is 3.38. The van der Waals surface area contributed by atoms with Gasteiger partial charge in [-0.15, -0.1) is 0 Å². The number of hydrogen-bond acceptors (Lipinski definition) is 4. The highest BCUT2D eigenvalue weighted by Crippen LogP contribution is 2.24. The van der Waals surface area contributed by atoms with E-state index in [1.165, 1.54) is 0 Å². The maximum absolute atomic E-state index is 10.8. The van der Waals surface area contributed by atoms with Gasteiger partial charge < -0.3 is 10.0 Å². The van der Waals surface area contributed by atoms with Gasteiger partial charge in [-0.25, -0.2) is 9.97 Å². The molecule has 1 aliphatic heterocycles. The molecule has 0 spiro atoms. The molecule has 0 bridgehead atoms. The predicted octanol–water partition coefficient (Wildman–Crippen LogP) is 2.12. The number of aromatic nitrogens is 2. The normalized spacial score (nSPS) is 19.1. The molecule has 1 saturated heterocycles. The number of aliphatic carboxylic acids is 1. The quantitative estimate of drug-likeness (QED) is 0.881. The van der Waals surface area contributed by atoms with Crippen LogP contribution in [0.1, 0.15) is 38.7 Å². The molecule has 5 nitrogen and oxygen atoms in total. The molecule has 1 unspecified atom stereocenters. The van der Waals surface area contributed by atoms with Crippen molar-refractivity contribution in [2.75, 3.05) is 11.4 Å². The lowest BCUT2D eigenvalue weighted by molar-refractivity contribution is -0.137. The number of rotatable bonds is 5. The van der Waals surface area contributed by atoms with E-state index in [4.69, 9.17) is 5.11 Å². The molecule has 1 aliphatic rings. The summed E-state index contributed by atoms with van der Waals surface area (Å²) in [6.45, 7) is 5.18. The van der Waals surface area contributed by atoms with Crippen molar-refractivity contribution in [3.63, 3.8) is 0 Å². The third kappa shape index (κ3) is 3.66. The molecular formula is C14H21N3O2. The zero-order valence-electron chi connectivity index (χ0n) is 11.5. The van der Waals surface area contributed by atoms with Gasteiger partial charge in [0.25, 0.3) is 0 Å². The van der Waals surface area contributed by atoms with E-state index in [0.717, 1.165) is 31.4 Å². The molecule has 0 aromatic carbocycles. The standard InChI is InChI=1S/C14H21N3O2/c1-10(2)6-11-8-15-14(16-9-11)17-5-3-4-12(17)7-13(18)19/h8-10,12H,3-7H2,1-2H3,(H,18,19). The summed E-state index contributed by atoms with van der Waals surface area (Å²) in [5.41, 5.74) is 1.13. The van der Waals surface area contributed by atoms with Crippen molar-refractivity contribution in [2.45, 2.75) is 45.6 Å². The Hall–Kier alpha value is -1.65. The van der Waals surface area contributed by atoms with Gasteiger partial charge in [-0.2, -0.15) is 0 Å². The lowest BCUT2D eigenvalue weighted by Gasteiger charge is -2.23. The Bertz CT molecular complexity index is 431. The zero-order valence-corrected chi connectivity index (χ0v) is 11.5. The van der Waals surface area contributed by atoms with Crippen LogP contribution in [0.25, 0.3) is 0 Å². The first kappa shape index (κ1) is 13.8. The van der Waals surface area contributed by atoms with Crippen molar-refractivity contribution < 1.29 is 9.90 Å². The number of hydrogen-bond donors (Lipinski definition) is 1. The fraction of sp³-hybridized carbons (Fsp3) is 0.643. The molecule has 1 fully saturated rings. The lowest BCUT2D eigenvalue weighted by Crippen LogP contribution is -2.32. The Morgan fingerprint density at radius 1 is 1.47 bits per heavy atom. The molecule has 19 heavy (non-hydrogen) atoms. The minimum Gasteiger partial charge on any atom is -0.481 e. The van der Waals surface area contributed by atoms with E-state index in [2.05, 4.69) is 23.8 Å². The lowest BCUT2D eigenvalue weighted by atomic mass is 10.1. The highest BCUT2D eigenvalue weighted by molar-refractivity contribution is 5.68. The number of carboxylic acid groups (broad SMARTS) is 1. The van der Waals surface area contributed by atoms with E-state index in [1.807, 2.05) is 17.3 Å². The fourth-order valence-electron chi connectivity index (χ4n) is 2.59. The van der Waals surface area contributed by atoms with Crippen molar-refractivity contribution >= 4 is 11.9 Å². The van der Waals surface area contributed by atoms with E-state index in [0.29, 0.717) is 11.9 Å². The Balaban J connectivity index is 2.06. The van der Waals surface area contributed by atoms with Crippen molar-refractivity contribution in [2.24, 2.45) is 5.92 Å². The second-order valence-electron chi connectivity index (χ2n) is 5.58. The number of carboxylic acids is 1. The number of nitrogens with zero attached hydrogens (tertiary/aromatic N) is 3. The molecule has 5 heteroatoms. The first-order valence-electron chi connectivity index (χ1n) is 6.85. The van der Waals surface area contributed by atoms with Crippen molar-refractivity contribution in [3.05, 3.63) is 18.0 Å². The van der Waals surface area contributed by atoms with Gasteiger partial charge in [0.2, 0.25) is 5.95 Å². The topological polar surface area (TPSA) is 66.3 Å². The zero-order chi connectivity index (χ0) is 13.8. The van der Waals surface area contributed by atoms with Gasteiger partial charge in [-0.1, -0.05) is 13.8 Å². The smallest absolute Gasteiger partial charge is 0.305 e. The summed E-state index contributed by atoms with van der Waals surface area (Å²) in [7, 11) is 0. The van der Waals surface area contributed by atoms with Crippen LogP contribution >= 0.6 is 0 Å². The molecule has 104 valence electrons. The van der Waals surface area contributed by atoms with Crippen LogP contribution in [-0.2, 0) is 11.2 Å². The Kier molecular flexibility index (Phi) is 4.35. The van der Waals surface area contributed by atoms with Gasteiger partial charge in [-0.3, -0.25) is 4.79 Å². The minimum absolute atomic E-state index is 0.0356. The van der Waals surface area contributed by atoms with Gasteiger partial charge >= 0.3 is 5.97 Å². The molecule has 1 aromatic heterocycles. The van der Waals surface area contributed by atoms with Gasteiger partial charge in [0.1, 0.15) is 0 Å². The van der Waals surface area contributed by atoms with E-state index < -0.39 is 5.97 Å². The molecule has 0 saturated carbocycles. The predicted molar refractivity (Wildman–Crippen MR) is 73.2 cm³/mol. The SMILES string of the molecule is CC(C)Cc1cnc(N2CCCC2CC(=O)O)nc1. The molecule has 1 atom stereocenters. The first-order chi connectivity index (χ1) is 9.06. The largest absolute Gasteiger partial charge is 0.481 e. The van der Waals surface area contributed by atoms with Crippen LogP contribution in [0.15, 0.2) is 12.4 Å². The van der Waals surface area contributed by atoms with Crippen LogP contribution in [0.4, 0.5) is 5.95 Å². The van der Waals surface area contributed by atoms with Gasteiger partial charge in [0, 0.05) is 25.0 Å². The van der Waals surface area contributed by atoms with Gasteiger partial charge in [0.05, 0.1) is 6.42 Å². The summed E-state index contributed by atoms with van der Waals surface area (Å²) >= 11 is 0. The maximum Gasteiger partial charge on any atom is 0.305 e. The average Bonchev–Trinajstić information content (AvgIpc) is 2.76. The second-order valence-corrected chi connectivity index (χ2v) is 5.58. The van der Waals surface area contributed by atoms with Crippen LogP contribution < -0.4 is 4.90 Å². The van der Waals surface area contributed by atoms with E-state index in [1.54, 1.807) is 0 Å². The van der Waals surface area contributed by atoms with Crippen molar-refractivity contribution in [1.82, 2.24) is 9.97 Å². The number of carbonyl (C=O) groups is 1. The summed E-state index contributed by atoms with van der Waals surface area (Å²) < 4.78 is 0. The highest BCUT2D eigenvalue weighted by atomic mass is 16.4. The molecule has 0 amide bonds. The van der Waals surface area contributed by atoms with E-state index >= 15 is 0 Å². The van der Waals surface area contributed by atoms with Crippen LogP contribution in [0.3, 0.4) is 0 Å². The molecular weight excluding hydrogens is 242 g/mol. The van der Waals surface area contributed by atoms with Crippen LogP contribution in [0.5, 0.6) is 0 Å². The van der Waals surface area contributed by atoms with Gasteiger partial charge in [0.15, 0.2) is 0 Å². The Labute approximate surface area is 113 Å². The van der Waals surface area contributed by atoms with Crippen LogP contribution in [0, 0.1) is 5.92 Å². The van der Waals surface area contributed by atoms with Crippen molar-refractivity contribution in [3.8, 4) is 0 Å². The molecule has 1 N–H and O–H groups in total. The molecule has 0 radical (unpaired) electrons. The van der Waals surface area contributed by atoms with E-state index in [9.17, 15) is 4.79 Å². The third-order valence-electron chi connectivity index (χ3n) is 3.38. The summed E-state index contributed by atoms with van der Waals surface area (Å²) in [6.07, 6.45) is 6.77. The minimum atomic E-state index is -0.756. The number of anilines is 1. The van der Waals surface area contributed by atoms with Crippen LogP contribution in [0.2, 0.25) is 0 Å². The summed E-state index contributed by atoms with van der Waals surface area (Å²) in [4.78, 5) is 21.6. The highest BCUT2D eigenvalue weighted by Gasteiger charge is 2.28. The van der Waals surface area contributed by atoms with Crippen molar-refractivity contribution in [1.29, 1.82) is 0 Å². The Morgan fingerprint density at radius 2 is 2.16 bits per heavy atom. The molecule has 2 heterocycles. The maximum atomic E-state index is 10.8. The van der Waals surface area contributed by atoms with Gasteiger partial charge in [-0.05, 0) is 30.7 Å². The average molecular weight is 263 g/mol. The summed E-state index contributed by atoms with van der Waals surface area (Å²) in [5, 5.41) is 8.91.